The molecule has 1 nitrogen and oxygen atoms in total. The number of nitrogens with one attached hydrogen (secondary N) is 1. The Balaban J connectivity index is 2.31. The topological polar surface area (TPSA) is 12.0 Å². The Bertz CT molecular complexity index is 346. The second kappa shape index (κ2) is 6.36. The predicted octanol–water partition coefficient (Wildman–Crippen LogP) is 3.96. The summed E-state index contributed by atoms with van der Waals surface area (Å²) in [5.41, 5.74) is 0.915. The Morgan fingerprint density at radius 2 is 1.94 bits per heavy atom. The van der Waals surface area contributed by atoms with E-state index in [1.165, 1.54) is 6.07 Å². The first-order chi connectivity index (χ1) is 7.88. The highest BCUT2D eigenvalue weighted by molar-refractivity contribution is 6.20. The Hall–Kier alpha value is -0.600. The Kier molecular flexibility index (Phi) is 5.41. The van der Waals surface area contributed by atoms with Gasteiger partial charge in [0.25, 0.3) is 0 Å². The number of halogens is 2. The van der Waals surface area contributed by atoms with Crippen molar-refractivity contribution in [2.24, 2.45) is 5.41 Å². The largest absolute Gasteiger partial charge is 0.311 e. The van der Waals surface area contributed by atoms with Gasteiger partial charge in [0.1, 0.15) is 5.82 Å². The van der Waals surface area contributed by atoms with Crippen molar-refractivity contribution in [3.8, 4) is 0 Å². The van der Waals surface area contributed by atoms with Crippen LogP contribution < -0.4 is 5.32 Å². The zero-order valence-corrected chi connectivity index (χ0v) is 11.5. The van der Waals surface area contributed by atoms with Crippen molar-refractivity contribution in [1.29, 1.82) is 0 Å². The standard InChI is InChI=1S/C14H21ClFN/c1-14(2,3)8-12(15)10-17-9-11-6-4-5-7-13(11)16/h4-7,12,17H,8-10H2,1-3H3. The van der Waals surface area contributed by atoms with E-state index in [4.69, 9.17) is 11.6 Å². The van der Waals surface area contributed by atoms with Crippen LogP contribution in [0.4, 0.5) is 4.39 Å². The third-order valence-electron chi connectivity index (χ3n) is 2.47. The van der Waals surface area contributed by atoms with Crippen molar-refractivity contribution < 1.29 is 4.39 Å². The van der Waals surface area contributed by atoms with Crippen LogP contribution in [0.3, 0.4) is 0 Å². The number of rotatable bonds is 5. The molecule has 0 aromatic heterocycles. The Labute approximate surface area is 108 Å². The molecule has 0 fully saturated rings. The highest BCUT2D eigenvalue weighted by Crippen LogP contribution is 2.23. The van der Waals surface area contributed by atoms with Gasteiger partial charge in [-0.3, -0.25) is 0 Å². The monoisotopic (exact) mass is 257 g/mol. The van der Waals surface area contributed by atoms with Gasteiger partial charge in [0.05, 0.1) is 0 Å². The molecule has 0 amide bonds. The van der Waals surface area contributed by atoms with E-state index in [9.17, 15) is 4.39 Å². The minimum atomic E-state index is -0.165. The lowest BCUT2D eigenvalue weighted by atomic mass is 9.90. The quantitative estimate of drug-likeness (QED) is 0.788. The van der Waals surface area contributed by atoms with Gasteiger partial charge in [0.15, 0.2) is 0 Å². The fourth-order valence-corrected chi connectivity index (χ4v) is 2.31. The molecule has 0 heterocycles. The SMILES string of the molecule is CC(C)(C)CC(Cl)CNCc1ccccc1F. The molecule has 0 bridgehead atoms. The summed E-state index contributed by atoms with van der Waals surface area (Å²) >= 11 is 6.22. The van der Waals surface area contributed by atoms with Crippen LogP contribution in [-0.2, 0) is 6.54 Å². The van der Waals surface area contributed by atoms with Crippen LogP contribution in [-0.4, -0.2) is 11.9 Å². The first kappa shape index (κ1) is 14.5. The molecular formula is C14H21ClFN. The predicted molar refractivity (Wildman–Crippen MR) is 71.8 cm³/mol. The number of hydrogen-bond acceptors (Lipinski definition) is 1. The zero-order valence-electron chi connectivity index (χ0n) is 10.8. The molecule has 1 aromatic carbocycles. The summed E-state index contributed by atoms with van der Waals surface area (Å²) in [7, 11) is 0. The van der Waals surface area contributed by atoms with Crippen LogP contribution in [0, 0.1) is 11.2 Å². The molecule has 1 unspecified atom stereocenters. The summed E-state index contributed by atoms with van der Waals surface area (Å²) in [5, 5.41) is 3.28. The average molecular weight is 258 g/mol. The molecule has 0 aliphatic carbocycles. The van der Waals surface area contributed by atoms with Gasteiger partial charge in [-0.2, -0.15) is 0 Å². The smallest absolute Gasteiger partial charge is 0.127 e. The van der Waals surface area contributed by atoms with E-state index in [0.29, 0.717) is 18.7 Å². The first-order valence-electron chi connectivity index (χ1n) is 5.97. The molecule has 0 aliphatic rings. The van der Waals surface area contributed by atoms with Crippen LogP contribution in [0.15, 0.2) is 24.3 Å². The van der Waals surface area contributed by atoms with Gasteiger partial charge in [0.2, 0.25) is 0 Å². The molecule has 1 rings (SSSR count). The van der Waals surface area contributed by atoms with E-state index in [-0.39, 0.29) is 16.6 Å². The van der Waals surface area contributed by atoms with Crippen LogP contribution >= 0.6 is 11.6 Å². The van der Waals surface area contributed by atoms with E-state index in [1.54, 1.807) is 12.1 Å². The molecule has 96 valence electrons. The Morgan fingerprint density at radius 3 is 2.53 bits per heavy atom. The van der Waals surface area contributed by atoms with Crippen LogP contribution in [0.1, 0.15) is 32.8 Å². The molecular weight excluding hydrogens is 237 g/mol. The lowest BCUT2D eigenvalue weighted by molar-refractivity contribution is 0.364. The van der Waals surface area contributed by atoms with Crippen molar-refractivity contribution in [1.82, 2.24) is 5.32 Å². The fraction of sp³-hybridized carbons (Fsp3) is 0.571. The van der Waals surface area contributed by atoms with Gasteiger partial charge in [0, 0.05) is 24.0 Å². The van der Waals surface area contributed by atoms with Crippen LogP contribution in [0.25, 0.3) is 0 Å². The van der Waals surface area contributed by atoms with Crippen molar-refractivity contribution >= 4 is 11.6 Å². The van der Waals surface area contributed by atoms with Crippen molar-refractivity contribution in [3.05, 3.63) is 35.6 Å². The third-order valence-corrected chi connectivity index (χ3v) is 2.78. The van der Waals surface area contributed by atoms with Crippen LogP contribution in [0.5, 0.6) is 0 Å². The maximum Gasteiger partial charge on any atom is 0.127 e. The van der Waals surface area contributed by atoms with E-state index < -0.39 is 0 Å². The summed E-state index contributed by atoms with van der Waals surface area (Å²) in [4.78, 5) is 0. The van der Waals surface area contributed by atoms with Gasteiger partial charge < -0.3 is 5.32 Å². The Morgan fingerprint density at radius 1 is 1.29 bits per heavy atom. The molecule has 0 saturated carbocycles. The molecule has 1 N–H and O–H groups in total. The molecule has 3 heteroatoms. The van der Waals surface area contributed by atoms with E-state index in [1.807, 2.05) is 6.07 Å². The number of hydrogen-bond donors (Lipinski definition) is 1. The summed E-state index contributed by atoms with van der Waals surface area (Å²) in [6.07, 6.45) is 0.943. The maximum atomic E-state index is 13.3. The average Bonchev–Trinajstić information content (AvgIpc) is 2.18. The van der Waals surface area contributed by atoms with Gasteiger partial charge in [-0.05, 0) is 17.9 Å². The van der Waals surface area contributed by atoms with Gasteiger partial charge in [-0.1, -0.05) is 39.0 Å². The van der Waals surface area contributed by atoms with Gasteiger partial charge in [-0.25, -0.2) is 4.39 Å². The maximum absolute atomic E-state index is 13.3. The van der Waals surface area contributed by atoms with Gasteiger partial charge in [-0.15, -0.1) is 11.6 Å². The molecule has 0 aliphatic heterocycles. The second-order valence-corrected chi connectivity index (χ2v) is 6.20. The van der Waals surface area contributed by atoms with E-state index in [2.05, 4.69) is 26.1 Å². The third kappa shape index (κ3) is 6.04. The minimum Gasteiger partial charge on any atom is -0.311 e. The van der Waals surface area contributed by atoms with Crippen molar-refractivity contribution in [2.75, 3.05) is 6.54 Å². The number of benzene rings is 1. The minimum absolute atomic E-state index is 0.0850. The first-order valence-corrected chi connectivity index (χ1v) is 6.40. The summed E-state index contributed by atoms with van der Waals surface area (Å²) in [5.74, 6) is -0.165. The van der Waals surface area contributed by atoms with Crippen molar-refractivity contribution in [2.45, 2.75) is 39.1 Å². The molecule has 0 saturated heterocycles. The molecule has 1 aromatic rings. The number of alkyl halides is 1. The lowest BCUT2D eigenvalue weighted by Gasteiger charge is -2.22. The second-order valence-electron chi connectivity index (χ2n) is 5.58. The van der Waals surface area contributed by atoms with Crippen molar-refractivity contribution in [3.63, 3.8) is 0 Å². The highest BCUT2D eigenvalue weighted by atomic mass is 35.5. The van der Waals surface area contributed by atoms with E-state index in [0.717, 1.165) is 6.42 Å². The molecule has 17 heavy (non-hydrogen) atoms. The summed E-state index contributed by atoms with van der Waals surface area (Å²) in [6.45, 7) is 7.73. The van der Waals surface area contributed by atoms with Crippen LogP contribution in [0.2, 0.25) is 0 Å². The zero-order chi connectivity index (χ0) is 12.9. The summed E-state index contributed by atoms with van der Waals surface area (Å²) < 4.78 is 13.3. The van der Waals surface area contributed by atoms with Gasteiger partial charge >= 0.3 is 0 Å². The lowest BCUT2D eigenvalue weighted by Crippen LogP contribution is -2.26. The molecule has 1 atom stereocenters. The normalized spacial score (nSPS) is 13.7. The van der Waals surface area contributed by atoms with E-state index >= 15 is 0 Å². The molecule has 0 spiro atoms. The molecule has 0 radical (unpaired) electrons. The fourth-order valence-electron chi connectivity index (χ4n) is 1.74. The summed E-state index contributed by atoms with van der Waals surface area (Å²) in [6, 6.07) is 6.80. The highest BCUT2D eigenvalue weighted by Gasteiger charge is 2.16.